The van der Waals surface area contributed by atoms with Crippen molar-refractivity contribution in [3.05, 3.63) is 0 Å². The molecule has 0 aromatic rings. The van der Waals surface area contributed by atoms with E-state index in [4.69, 9.17) is 5.73 Å². The van der Waals surface area contributed by atoms with Gasteiger partial charge in [0.25, 0.3) is 0 Å². The van der Waals surface area contributed by atoms with Crippen LogP contribution in [-0.4, -0.2) is 12.2 Å². The highest BCUT2D eigenvalue weighted by molar-refractivity contribution is 4.74. The van der Waals surface area contributed by atoms with E-state index < -0.39 is 0 Å². The van der Waals surface area contributed by atoms with Crippen LogP contribution in [0.1, 0.15) is 71.1 Å². The maximum Gasteiger partial charge on any atom is 0.0548 e. The molecule has 2 nitrogen and oxygen atoms in total. The third-order valence-corrected chi connectivity index (χ3v) is 3.42. The molecular weight excluding hydrogens is 184 g/mol. The Balaban J connectivity index is 1.98. The smallest absolute Gasteiger partial charge is 0.0548 e. The molecule has 1 atom stereocenters. The van der Waals surface area contributed by atoms with Crippen LogP contribution in [0.5, 0.6) is 0 Å². The van der Waals surface area contributed by atoms with Crippen molar-refractivity contribution in [2.75, 3.05) is 0 Å². The molecule has 1 aliphatic rings. The highest BCUT2D eigenvalue weighted by Gasteiger charge is 2.14. The maximum absolute atomic E-state index is 6.08. The van der Waals surface area contributed by atoms with Gasteiger partial charge in [-0.05, 0) is 19.3 Å². The lowest BCUT2D eigenvalue weighted by molar-refractivity contribution is 0.326. The molecular formula is C13H28N2. The zero-order valence-corrected chi connectivity index (χ0v) is 10.3. The Morgan fingerprint density at radius 2 is 1.87 bits per heavy atom. The third-order valence-electron chi connectivity index (χ3n) is 3.42. The monoisotopic (exact) mass is 212 g/mol. The van der Waals surface area contributed by atoms with E-state index in [9.17, 15) is 0 Å². The molecule has 1 rings (SSSR count). The van der Waals surface area contributed by atoms with Crippen molar-refractivity contribution >= 4 is 0 Å². The molecule has 0 bridgehead atoms. The number of hydrogen-bond donors (Lipinski definition) is 2. The summed E-state index contributed by atoms with van der Waals surface area (Å²) >= 11 is 0. The quantitative estimate of drug-likeness (QED) is 0.502. The van der Waals surface area contributed by atoms with Gasteiger partial charge in [-0.15, -0.1) is 0 Å². The summed E-state index contributed by atoms with van der Waals surface area (Å²) in [5, 5.41) is 3.57. The van der Waals surface area contributed by atoms with Crippen molar-refractivity contribution in [3.8, 4) is 0 Å². The molecule has 15 heavy (non-hydrogen) atoms. The number of rotatable bonds is 7. The van der Waals surface area contributed by atoms with E-state index in [2.05, 4.69) is 12.2 Å². The summed E-state index contributed by atoms with van der Waals surface area (Å²) in [5.41, 5.74) is 6.08. The second-order valence-electron chi connectivity index (χ2n) is 4.96. The van der Waals surface area contributed by atoms with Crippen molar-refractivity contribution in [2.45, 2.75) is 83.3 Å². The molecule has 2 heteroatoms. The van der Waals surface area contributed by atoms with E-state index in [1.165, 1.54) is 57.8 Å². The van der Waals surface area contributed by atoms with Crippen molar-refractivity contribution < 1.29 is 0 Å². The molecule has 0 amide bonds. The Kier molecular flexibility index (Phi) is 7.03. The minimum atomic E-state index is 0.241. The number of hydrogen-bond acceptors (Lipinski definition) is 2. The predicted octanol–water partition coefficient (Wildman–Crippen LogP) is 3.16. The highest BCUT2D eigenvalue weighted by atomic mass is 15.0. The lowest BCUT2D eigenvalue weighted by Gasteiger charge is -2.26. The normalized spacial score (nSPS) is 20.4. The van der Waals surface area contributed by atoms with E-state index in [1.54, 1.807) is 0 Å². The third kappa shape index (κ3) is 6.16. The lowest BCUT2D eigenvalue weighted by Crippen LogP contribution is -2.44. The minimum absolute atomic E-state index is 0.241. The van der Waals surface area contributed by atoms with Crippen LogP contribution in [0.15, 0.2) is 0 Å². The molecule has 0 aromatic heterocycles. The number of nitrogens with one attached hydrogen (secondary N) is 1. The Labute approximate surface area is 95.0 Å². The van der Waals surface area contributed by atoms with Gasteiger partial charge in [-0.3, -0.25) is 5.32 Å². The predicted molar refractivity (Wildman–Crippen MR) is 66.7 cm³/mol. The van der Waals surface area contributed by atoms with Crippen molar-refractivity contribution in [1.82, 2.24) is 5.32 Å². The molecule has 0 radical (unpaired) electrons. The summed E-state index contributed by atoms with van der Waals surface area (Å²) in [6.07, 6.45) is 13.6. The van der Waals surface area contributed by atoms with Gasteiger partial charge < -0.3 is 5.73 Å². The van der Waals surface area contributed by atoms with E-state index in [-0.39, 0.29) is 6.17 Å². The standard InChI is InChI=1S/C13H28N2/c1-2-3-4-8-11-13(14)15-12-9-6-5-7-10-12/h12-13,15H,2-11,14H2,1H3. The molecule has 90 valence electrons. The Bertz CT molecular complexity index is 141. The summed E-state index contributed by atoms with van der Waals surface area (Å²) in [6, 6.07) is 0.708. The molecule has 0 saturated heterocycles. The molecule has 0 spiro atoms. The Morgan fingerprint density at radius 3 is 2.53 bits per heavy atom. The van der Waals surface area contributed by atoms with E-state index in [1.807, 2.05) is 0 Å². The largest absolute Gasteiger partial charge is 0.316 e. The van der Waals surface area contributed by atoms with E-state index >= 15 is 0 Å². The van der Waals surface area contributed by atoms with Crippen LogP contribution in [0.25, 0.3) is 0 Å². The number of unbranched alkanes of at least 4 members (excludes halogenated alkanes) is 3. The summed E-state index contributed by atoms with van der Waals surface area (Å²) in [7, 11) is 0. The average Bonchev–Trinajstić information content (AvgIpc) is 2.26. The maximum atomic E-state index is 6.08. The van der Waals surface area contributed by atoms with Crippen LogP contribution < -0.4 is 11.1 Å². The van der Waals surface area contributed by atoms with Crippen LogP contribution in [0.4, 0.5) is 0 Å². The second-order valence-corrected chi connectivity index (χ2v) is 4.96. The second kappa shape index (κ2) is 8.12. The molecule has 1 saturated carbocycles. The zero-order chi connectivity index (χ0) is 10.9. The first-order chi connectivity index (χ1) is 7.33. The van der Waals surface area contributed by atoms with E-state index in [0.29, 0.717) is 6.04 Å². The van der Waals surface area contributed by atoms with Crippen molar-refractivity contribution in [1.29, 1.82) is 0 Å². The van der Waals surface area contributed by atoms with E-state index in [0.717, 1.165) is 6.42 Å². The molecule has 1 aliphatic carbocycles. The minimum Gasteiger partial charge on any atom is -0.316 e. The van der Waals surface area contributed by atoms with Gasteiger partial charge in [0.2, 0.25) is 0 Å². The summed E-state index contributed by atoms with van der Waals surface area (Å²) in [6.45, 7) is 2.25. The molecule has 1 fully saturated rings. The van der Waals surface area contributed by atoms with Crippen LogP contribution in [0, 0.1) is 0 Å². The Morgan fingerprint density at radius 1 is 1.13 bits per heavy atom. The van der Waals surface area contributed by atoms with Gasteiger partial charge in [-0.2, -0.15) is 0 Å². The first kappa shape index (κ1) is 13.0. The van der Waals surface area contributed by atoms with Gasteiger partial charge in [0, 0.05) is 6.04 Å². The fraction of sp³-hybridized carbons (Fsp3) is 1.00. The highest BCUT2D eigenvalue weighted by Crippen LogP contribution is 2.17. The van der Waals surface area contributed by atoms with Crippen molar-refractivity contribution in [2.24, 2.45) is 5.73 Å². The zero-order valence-electron chi connectivity index (χ0n) is 10.3. The summed E-state index contributed by atoms with van der Waals surface area (Å²) < 4.78 is 0. The molecule has 3 N–H and O–H groups in total. The molecule has 0 aromatic carbocycles. The van der Waals surface area contributed by atoms with Crippen LogP contribution in [-0.2, 0) is 0 Å². The molecule has 1 unspecified atom stereocenters. The fourth-order valence-corrected chi connectivity index (χ4v) is 2.45. The molecule has 0 heterocycles. The van der Waals surface area contributed by atoms with Gasteiger partial charge in [-0.1, -0.05) is 51.9 Å². The fourth-order valence-electron chi connectivity index (χ4n) is 2.45. The van der Waals surface area contributed by atoms with Crippen LogP contribution >= 0.6 is 0 Å². The lowest BCUT2D eigenvalue weighted by atomic mass is 9.95. The van der Waals surface area contributed by atoms with Crippen molar-refractivity contribution in [3.63, 3.8) is 0 Å². The van der Waals surface area contributed by atoms with Gasteiger partial charge in [-0.25, -0.2) is 0 Å². The first-order valence-corrected chi connectivity index (χ1v) is 6.84. The topological polar surface area (TPSA) is 38.0 Å². The summed E-state index contributed by atoms with van der Waals surface area (Å²) in [5.74, 6) is 0. The van der Waals surface area contributed by atoms with Gasteiger partial charge in [0.15, 0.2) is 0 Å². The Hall–Kier alpha value is -0.0800. The average molecular weight is 212 g/mol. The van der Waals surface area contributed by atoms with Crippen LogP contribution in [0.3, 0.4) is 0 Å². The first-order valence-electron chi connectivity index (χ1n) is 6.84. The van der Waals surface area contributed by atoms with Gasteiger partial charge in [0.05, 0.1) is 6.17 Å². The van der Waals surface area contributed by atoms with Gasteiger partial charge in [0.1, 0.15) is 0 Å². The molecule has 0 aliphatic heterocycles. The summed E-state index contributed by atoms with van der Waals surface area (Å²) in [4.78, 5) is 0. The van der Waals surface area contributed by atoms with Crippen LogP contribution in [0.2, 0.25) is 0 Å². The number of nitrogens with two attached hydrogens (primary N) is 1. The van der Waals surface area contributed by atoms with Gasteiger partial charge >= 0.3 is 0 Å². The SMILES string of the molecule is CCCCCCC(N)NC1CCCCC1.